The Hall–Kier alpha value is -0.120. The highest BCUT2D eigenvalue weighted by Gasteiger charge is 2.38. The lowest BCUT2D eigenvalue weighted by Crippen LogP contribution is -2.52. The van der Waals surface area contributed by atoms with Crippen molar-refractivity contribution in [2.24, 2.45) is 11.3 Å². The van der Waals surface area contributed by atoms with Crippen LogP contribution in [0.4, 0.5) is 0 Å². The van der Waals surface area contributed by atoms with E-state index in [4.69, 9.17) is 4.74 Å². The average Bonchev–Trinajstić information content (AvgIpc) is 1.95. The Balaban J connectivity index is 2.29. The maximum Gasteiger partial charge on any atom is 0.0579 e. The van der Waals surface area contributed by atoms with E-state index < -0.39 is 0 Å². The zero-order chi connectivity index (χ0) is 9.90. The Bertz CT molecular complexity index is 149. The van der Waals surface area contributed by atoms with Gasteiger partial charge in [0.1, 0.15) is 0 Å². The van der Waals surface area contributed by atoms with E-state index in [1.165, 1.54) is 0 Å². The molecule has 0 amide bonds. The van der Waals surface area contributed by atoms with Gasteiger partial charge in [-0.2, -0.15) is 0 Å². The normalized spacial score (nSPS) is 20.8. The molecule has 1 fully saturated rings. The van der Waals surface area contributed by atoms with Crippen LogP contribution in [0.2, 0.25) is 0 Å². The summed E-state index contributed by atoms with van der Waals surface area (Å²) in [5.74, 6) is 0.682. The Morgan fingerprint density at radius 2 is 2.08 bits per heavy atom. The van der Waals surface area contributed by atoms with Gasteiger partial charge in [0.25, 0.3) is 0 Å². The summed E-state index contributed by atoms with van der Waals surface area (Å²) < 4.78 is 5.15. The Labute approximate surface area is 80.7 Å². The molecule has 0 aromatic rings. The summed E-state index contributed by atoms with van der Waals surface area (Å²) in [5.41, 5.74) is 0.0314. The van der Waals surface area contributed by atoms with Gasteiger partial charge in [-0.05, 0) is 13.0 Å². The molecule has 1 aliphatic rings. The first-order valence-electron chi connectivity index (χ1n) is 4.95. The minimum atomic E-state index is 0.0314. The number of hydrogen-bond donors (Lipinski definition) is 1. The van der Waals surface area contributed by atoms with E-state index in [1.807, 2.05) is 0 Å². The van der Waals surface area contributed by atoms with Crippen molar-refractivity contribution in [2.45, 2.75) is 13.8 Å². The summed E-state index contributed by atoms with van der Waals surface area (Å²) in [5, 5.41) is 9.21. The van der Waals surface area contributed by atoms with Crippen molar-refractivity contribution in [1.82, 2.24) is 4.90 Å². The quantitative estimate of drug-likeness (QED) is 0.683. The average molecular weight is 187 g/mol. The molecule has 0 aliphatic carbocycles. The van der Waals surface area contributed by atoms with E-state index in [2.05, 4.69) is 25.8 Å². The highest BCUT2D eigenvalue weighted by Crippen LogP contribution is 2.27. The molecule has 0 aromatic heterocycles. The molecule has 0 radical (unpaired) electrons. The molecular formula is C10H21NO2. The Morgan fingerprint density at radius 3 is 2.38 bits per heavy atom. The van der Waals surface area contributed by atoms with E-state index >= 15 is 0 Å². The van der Waals surface area contributed by atoms with Crippen LogP contribution in [-0.4, -0.2) is 50.0 Å². The lowest BCUT2D eigenvalue weighted by Gasteiger charge is -2.42. The van der Waals surface area contributed by atoms with Gasteiger partial charge in [-0.3, -0.25) is 0 Å². The van der Waals surface area contributed by atoms with E-state index in [0.717, 1.165) is 13.1 Å². The molecule has 0 spiro atoms. The van der Waals surface area contributed by atoms with Crippen LogP contribution in [-0.2, 0) is 4.74 Å². The third-order valence-corrected chi connectivity index (χ3v) is 2.43. The van der Waals surface area contributed by atoms with Crippen molar-refractivity contribution >= 4 is 0 Å². The fourth-order valence-electron chi connectivity index (χ4n) is 1.88. The van der Waals surface area contributed by atoms with Gasteiger partial charge in [0.05, 0.1) is 25.2 Å². The third kappa shape index (κ3) is 2.93. The molecule has 1 saturated heterocycles. The number of nitrogens with zero attached hydrogens (tertiary/aromatic N) is 1. The molecule has 3 nitrogen and oxygen atoms in total. The number of aliphatic hydroxyl groups is 1. The van der Waals surface area contributed by atoms with E-state index in [0.29, 0.717) is 19.1 Å². The topological polar surface area (TPSA) is 32.7 Å². The smallest absolute Gasteiger partial charge is 0.0579 e. The largest absolute Gasteiger partial charge is 0.396 e. The fraction of sp³-hybridized carbons (Fsp3) is 1.00. The van der Waals surface area contributed by atoms with Gasteiger partial charge in [-0.1, -0.05) is 13.8 Å². The molecule has 1 rings (SSSR count). The highest BCUT2D eigenvalue weighted by molar-refractivity contribution is 4.87. The molecule has 0 bridgehead atoms. The lowest BCUT2D eigenvalue weighted by atomic mass is 9.86. The van der Waals surface area contributed by atoms with Crippen molar-refractivity contribution < 1.29 is 9.84 Å². The molecule has 1 aliphatic heterocycles. The zero-order valence-electron chi connectivity index (χ0n) is 8.92. The van der Waals surface area contributed by atoms with Crippen LogP contribution in [0.3, 0.4) is 0 Å². The number of rotatable bonds is 5. The van der Waals surface area contributed by atoms with Crippen LogP contribution < -0.4 is 0 Å². The van der Waals surface area contributed by atoms with Crippen LogP contribution in [0.5, 0.6) is 0 Å². The molecule has 1 N–H and O–H groups in total. The molecule has 0 atom stereocenters. The second kappa shape index (κ2) is 4.40. The van der Waals surface area contributed by atoms with Crippen molar-refractivity contribution in [3.63, 3.8) is 0 Å². The second-order valence-corrected chi connectivity index (χ2v) is 4.74. The standard InChI is InChI=1S/C10H21NO2/c1-9(2)4-11(3)5-10(6-12)7-13-8-10/h9,12H,4-8H2,1-3H3. The van der Waals surface area contributed by atoms with E-state index in [9.17, 15) is 5.11 Å². The van der Waals surface area contributed by atoms with Gasteiger partial charge in [0.15, 0.2) is 0 Å². The summed E-state index contributed by atoms with van der Waals surface area (Å²) in [6.07, 6.45) is 0. The summed E-state index contributed by atoms with van der Waals surface area (Å²) in [7, 11) is 2.11. The minimum Gasteiger partial charge on any atom is -0.396 e. The summed E-state index contributed by atoms with van der Waals surface area (Å²) in [6.45, 7) is 8.12. The first kappa shape index (κ1) is 11.0. The van der Waals surface area contributed by atoms with Crippen LogP contribution in [0.15, 0.2) is 0 Å². The predicted molar refractivity (Wildman–Crippen MR) is 52.7 cm³/mol. The monoisotopic (exact) mass is 187 g/mol. The first-order chi connectivity index (χ1) is 6.08. The molecule has 3 heteroatoms. The lowest BCUT2D eigenvalue weighted by molar-refractivity contribution is -0.146. The molecule has 13 heavy (non-hydrogen) atoms. The first-order valence-corrected chi connectivity index (χ1v) is 4.95. The Kier molecular flexibility index (Phi) is 3.71. The van der Waals surface area contributed by atoms with Crippen LogP contribution in [0.25, 0.3) is 0 Å². The number of aliphatic hydroxyl groups excluding tert-OH is 1. The van der Waals surface area contributed by atoms with Gasteiger partial charge in [0, 0.05) is 13.1 Å². The maximum atomic E-state index is 9.21. The molecule has 1 heterocycles. The molecule has 0 aromatic carbocycles. The van der Waals surface area contributed by atoms with Gasteiger partial charge in [-0.15, -0.1) is 0 Å². The van der Waals surface area contributed by atoms with Crippen molar-refractivity contribution in [3.05, 3.63) is 0 Å². The van der Waals surface area contributed by atoms with E-state index in [1.54, 1.807) is 0 Å². The fourth-order valence-corrected chi connectivity index (χ4v) is 1.88. The molecule has 0 saturated carbocycles. The minimum absolute atomic E-state index is 0.0314. The number of hydrogen-bond acceptors (Lipinski definition) is 3. The summed E-state index contributed by atoms with van der Waals surface area (Å²) in [4.78, 5) is 2.28. The molecule has 0 unspecified atom stereocenters. The van der Waals surface area contributed by atoms with Crippen LogP contribution >= 0.6 is 0 Å². The molecular weight excluding hydrogens is 166 g/mol. The third-order valence-electron chi connectivity index (χ3n) is 2.43. The highest BCUT2D eigenvalue weighted by atomic mass is 16.5. The van der Waals surface area contributed by atoms with Gasteiger partial charge in [-0.25, -0.2) is 0 Å². The van der Waals surface area contributed by atoms with Crippen molar-refractivity contribution in [2.75, 3.05) is 40.0 Å². The maximum absolute atomic E-state index is 9.21. The summed E-state index contributed by atoms with van der Waals surface area (Å²) in [6, 6.07) is 0. The van der Waals surface area contributed by atoms with Gasteiger partial charge >= 0.3 is 0 Å². The van der Waals surface area contributed by atoms with Crippen LogP contribution in [0.1, 0.15) is 13.8 Å². The van der Waals surface area contributed by atoms with Gasteiger partial charge < -0.3 is 14.7 Å². The number of ether oxygens (including phenoxy) is 1. The summed E-state index contributed by atoms with van der Waals surface area (Å²) >= 11 is 0. The van der Waals surface area contributed by atoms with E-state index in [-0.39, 0.29) is 12.0 Å². The zero-order valence-corrected chi connectivity index (χ0v) is 8.92. The molecule has 78 valence electrons. The van der Waals surface area contributed by atoms with Crippen molar-refractivity contribution in [3.8, 4) is 0 Å². The van der Waals surface area contributed by atoms with Gasteiger partial charge in [0.2, 0.25) is 0 Å². The predicted octanol–water partition coefficient (Wildman–Crippen LogP) is 0.583. The SMILES string of the molecule is CC(C)CN(C)CC1(CO)COC1. The van der Waals surface area contributed by atoms with Crippen LogP contribution in [0, 0.1) is 11.3 Å². The van der Waals surface area contributed by atoms with Crippen molar-refractivity contribution in [1.29, 1.82) is 0 Å². The Morgan fingerprint density at radius 1 is 1.46 bits per heavy atom. The second-order valence-electron chi connectivity index (χ2n) is 4.74.